The van der Waals surface area contributed by atoms with Crippen molar-refractivity contribution in [2.24, 2.45) is 0 Å². The highest BCUT2D eigenvalue weighted by Gasteiger charge is 2.35. The first-order chi connectivity index (χ1) is 13.2. The third kappa shape index (κ3) is 4.57. The Kier molecular flexibility index (Phi) is 5.83. The number of furan rings is 1. The fraction of sp³-hybridized carbons (Fsp3) is 0.158. The molecule has 0 aliphatic rings. The van der Waals surface area contributed by atoms with Crippen LogP contribution in [0.2, 0.25) is 5.02 Å². The fourth-order valence-electron chi connectivity index (χ4n) is 2.68. The average Bonchev–Trinajstić information content (AvgIpc) is 3.14. The Morgan fingerprint density at radius 3 is 2.21 bits per heavy atom. The van der Waals surface area contributed by atoms with Gasteiger partial charge in [-0.3, -0.25) is 0 Å². The number of benzene rings is 2. The second-order valence-electron chi connectivity index (χ2n) is 5.96. The summed E-state index contributed by atoms with van der Waals surface area (Å²) in [6.07, 6.45) is -3.23. The molecule has 0 bridgehead atoms. The van der Waals surface area contributed by atoms with Crippen LogP contribution in [-0.4, -0.2) is 12.7 Å². The third-order valence-electron chi connectivity index (χ3n) is 4.03. The molecular formula is C19H15ClF3NO3S. The van der Waals surface area contributed by atoms with Gasteiger partial charge in [-0.1, -0.05) is 29.8 Å². The predicted molar refractivity (Wildman–Crippen MR) is 98.0 cm³/mol. The quantitative estimate of drug-likeness (QED) is 0.531. The molecule has 9 heteroatoms. The van der Waals surface area contributed by atoms with Crippen molar-refractivity contribution in [2.75, 3.05) is 0 Å². The Hall–Kier alpha value is -2.29. The van der Waals surface area contributed by atoms with E-state index in [9.17, 15) is 21.6 Å². The summed E-state index contributed by atoms with van der Waals surface area (Å²) in [7, 11) is -4.11. The summed E-state index contributed by atoms with van der Waals surface area (Å²) in [5.41, 5.74) is -1.04. The van der Waals surface area contributed by atoms with Gasteiger partial charge >= 0.3 is 6.18 Å². The van der Waals surface area contributed by atoms with Gasteiger partial charge in [0.25, 0.3) is 0 Å². The largest absolute Gasteiger partial charge is 0.468 e. The van der Waals surface area contributed by atoms with Gasteiger partial charge in [0, 0.05) is 11.6 Å². The maximum absolute atomic E-state index is 13.3. The summed E-state index contributed by atoms with van der Waals surface area (Å²) in [5, 5.41) is 0.346. The van der Waals surface area contributed by atoms with Gasteiger partial charge in [-0.2, -0.15) is 17.5 Å². The van der Waals surface area contributed by atoms with Crippen molar-refractivity contribution in [3.05, 3.63) is 88.8 Å². The van der Waals surface area contributed by atoms with E-state index in [1.165, 1.54) is 48.7 Å². The van der Waals surface area contributed by atoms with Crippen molar-refractivity contribution in [1.82, 2.24) is 4.31 Å². The Morgan fingerprint density at radius 1 is 0.929 bits per heavy atom. The first-order valence-electron chi connectivity index (χ1n) is 8.11. The van der Waals surface area contributed by atoms with E-state index < -0.39 is 28.3 Å². The van der Waals surface area contributed by atoms with Crippen molar-refractivity contribution in [3.8, 4) is 0 Å². The van der Waals surface area contributed by atoms with E-state index in [4.69, 9.17) is 16.0 Å². The summed E-state index contributed by atoms with van der Waals surface area (Å²) in [4.78, 5) is -0.0760. The summed E-state index contributed by atoms with van der Waals surface area (Å²) >= 11 is 5.81. The lowest BCUT2D eigenvalue weighted by atomic mass is 10.1. The third-order valence-corrected chi connectivity index (χ3v) is 6.09. The van der Waals surface area contributed by atoms with Crippen LogP contribution in [0.5, 0.6) is 0 Å². The van der Waals surface area contributed by atoms with Gasteiger partial charge in [0.05, 0.1) is 23.3 Å². The van der Waals surface area contributed by atoms with Crippen molar-refractivity contribution in [1.29, 1.82) is 0 Å². The lowest BCUT2D eigenvalue weighted by molar-refractivity contribution is -0.138. The van der Waals surface area contributed by atoms with Gasteiger partial charge in [-0.25, -0.2) is 8.42 Å². The molecule has 1 aromatic heterocycles. The van der Waals surface area contributed by atoms with Gasteiger partial charge in [-0.05, 0) is 48.0 Å². The lowest BCUT2D eigenvalue weighted by Gasteiger charge is -2.23. The molecule has 3 rings (SSSR count). The maximum Gasteiger partial charge on any atom is 0.416 e. The second kappa shape index (κ2) is 7.98. The van der Waals surface area contributed by atoms with Crippen molar-refractivity contribution < 1.29 is 26.0 Å². The molecule has 0 fully saturated rings. The highest BCUT2D eigenvalue weighted by atomic mass is 35.5. The molecular weight excluding hydrogens is 415 g/mol. The molecule has 0 aliphatic heterocycles. The average molecular weight is 430 g/mol. The van der Waals surface area contributed by atoms with Crippen molar-refractivity contribution >= 4 is 21.6 Å². The minimum Gasteiger partial charge on any atom is -0.468 e. The SMILES string of the molecule is O=S(=O)(c1ccc(Cl)cc1)N(Cc1ccco1)Cc1ccccc1C(F)(F)F. The Bertz CT molecular complexity index is 1030. The van der Waals surface area contributed by atoms with Crippen molar-refractivity contribution in [3.63, 3.8) is 0 Å². The molecule has 0 unspecified atom stereocenters. The van der Waals surface area contributed by atoms with Crippen LogP contribution in [0.25, 0.3) is 0 Å². The van der Waals surface area contributed by atoms with E-state index in [0.717, 1.165) is 10.4 Å². The zero-order valence-corrected chi connectivity index (χ0v) is 15.9. The first kappa shape index (κ1) is 20.4. The monoisotopic (exact) mass is 429 g/mol. The van der Waals surface area contributed by atoms with Gasteiger partial charge in [0.15, 0.2) is 0 Å². The molecule has 1 heterocycles. The van der Waals surface area contributed by atoms with E-state index in [2.05, 4.69) is 0 Å². The molecule has 28 heavy (non-hydrogen) atoms. The zero-order valence-electron chi connectivity index (χ0n) is 14.4. The molecule has 0 spiro atoms. The molecule has 0 aliphatic carbocycles. The van der Waals surface area contributed by atoms with Crippen LogP contribution < -0.4 is 0 Å². The molecule has 0 radical (unpaired) electrons. The summed E-state index contributed by atoms with van der Waals surface area (Å²) in [5.74, 6) is 0.307. The van der Waals surface area contributed by atoms with Gasteiger partial charge < -0.3 is 4.42 Å². The number of rotatable bonds is 6. The number of halogens is 4. The van der Waals surface area contributed by atoms with E-state index in [1.54, 1.807) is 12.1 Å². The lowest BCUT2D eigenvalue weighted by Crippen LogP contribution is -2.31. The van der Waals surface area contributed by atoms with E-state index in [0.29, 0.717) is 10.8 Å². The van der Waals surface area contributed by atoms with Crippen LogP contribution in [0.1, 0.15) is 16.9 Å². The van der Waals surface area contributed by atoms with Crippen LogP contribution in [0.3, 0.4) is 0 Å². The predicted octanol–water partition coefficient (Wildman–Crippen LogP) is 5.34. The zero-order chi connectivity index (χ0) is 20.4. The van der Waals surface area contributed by atoms with E-state index in [-0.39, 0.29) is 17.0 Å². The van der Waals surface area contributed by atoms with Crippen molar-refractivity contribution in [2.45, 2.75) is 24.2 Å². The van der Waals surface area contributed by atoms with Gasteiger partial charge in [0.1, 0.15) is 5.76 Å². The minimum atomic E-state index is -4.60. The van der Waals surface area contributed by atoms with Gasteiger partial charge in [-0.15, -0.1) is 0 Å². The van der Waals surface area contributed by atoms with Crippen LogP contribution in [-0.2, 0) is 29.3 Å². The molecule has 2 aromatic carbocycles. The topological polar surface area (TPSA) is 50.5 Å². The van der Waals surface area contributed by atoms with E-state index in [1.807, 2.05) is 0 Å². The standard InChI is InChI=1S/C19H15ClF3NO3S/c20-15-7-9-17(10-8-15)28(25,26)24(13-16-5-3-11-27-16)12-14-4-1-2-6-18(14)19(21,22)23/h1-11H,12-13H2. The Balaban J connectivity index is 2.02. The highest BCUT2D eigenvalue weighted by molar-refractivity contribution is 7.89. The number of nitrogens with zero attached hydrogens (tertiary/aromatic N) is 1. The summed E-state index contributed by atoms with van der Waals surface area (Å²) < 4.78 is 72.4. The number of alkyl halides is 3. The normalized spacial score (nSPS) is 12.5. The highest BCUT2D eigenvalue weighted by Crippen LogP contribution is 2.33. The molecule has 0 saturated carbocycles. The minimum absolute atomic E-state index is 0.0760. The molecule has 0 saturated heterocycles. The summed E-state index contributed by atoms with van der Waals surface area (Å²) in [6.45, 7) is -0.689. The van der Waals surface area contributed by atoms with Crippen LogP contribution in [0.15, 0.2) is 76.2 Å². The second-order valence-corrected chi connectivity index (χ2v) is 8.34. The van der Waals surface area contributed by atoms with Gasteiger partial charge in [0.2, 0.25) is 10.0 Å². The molecule has 0 N–H and O–H groups in total. The van der Waals surface area contributed by atoms with Crippen LogP contribution in [0.4, 0.5) is 13.2 Å². The maximum atomic E-state index is 13.3. The molecule has 3 aromatic rings. The smallest absolute Gasteiger partial charge is 0.416 e. The fourth-order valence-corrected chi connectivity index (χ4v) is 4.19. The summed E-state index contributed by atoms with van der Waals surface area (Å²) in [6, 6.07) is 13.4. The molecule has 0 atom stereocenters. The molecule has 4 nitrogen and oxygen atoms in total. The molecule has 0 amide bonds. The number of sulfonamides is 1. The van der Waals surface area contributed by atoms with Crippen LogP contribution >= 0.6 is 11.6 Å². The number of hydrogen-bond donors (Lipinski definition) is 0. The van der Waals surface area contributed by atoms with E-state index >= 15 is 0 Å². The van der Waals surface area contributed by atoms with Crippen LogP contribution in [0, 0.1) is 0 Å². The first-order valence-corrected chi connectivity index (χ1v) is 9.93. The number of hydrogen-bond acceptors (Lipinski definition) is 3. The molecule has 148 valence electrons. The Labute approximate surface area is 165 Å². The Morgan fingerprint density at radius 2 is 1.61 bits per heavy atom.